The Bertz CT molecular complexity index is 1030. The van der Waals surface area contributed by atoms with Crippen LogP contribution < -0.4 is 4.74 Å². The van der Waals surface area contributed by atoms with Crippen molar-refractivity contribution < 1.29 is 32.5 Å². The SMILES string of the molecule is CCCC(O)C1CCC(c2ccc(C3CCC(COc4ccc(O)c(F)c4F)CC3)c(F)c2F)CC1. The molecule has 36 heavy (non-hydrogen) atoms. The lowest BCUT2D eigenvalue weighted by molar-refractivity contribution is 0.0727. The van der Waals surface area contributed by atoms with Gasteiger partial charge < -0.3 is 14.9 Å². The van der Waals surface area contributed by atoms with Crippen LogP contribution in [-0.2, 0) is 0 Å². The minimum absolute atomic E-state index is 0.0170. The molecule has 0 heterocycles. The van der Waals surface area contributed by atoms with Crippen molar-refractivity contribution in [2.75, 3.05) is 6.61 Å². The van der Waals surface area contributed by atoms with Gasteiger partial charge >= 0.3 is 0 Å². The number of hydrogen-bond donors (Lipinski definition) is 2. The van der Waals surface area contributed by atoms with Gasteiger partial charge in [0.15, 0.2) is 23.1 Å². The van der Waals surface area contributed by atoms with Crippen molar-refractivity contribution in [2.24, 2.45) is 11.8 Å². The maximum Gasteiger partial charge on any atom is 0.204 e. The lowest BCUT2D eigenvalue weighted by Crippen LogP contribution is -2.25. The lowest BCUT2D eigenvalue weighted by atomic mass is 9.75. The van der Waals surface area contributed by atoms with Crippen LogP contribution in [0.25, 0.3) is 0 Å². The Labute approximate surface area is 210 Å². The molecule has 2 aliphatic rings. The van der Waals surface area contributed by atoms with Crippen LogP contribution in [0.1, 0.15) is 94.1 Å². The third kappa shape index (κ3) is 5.82. The highest BCUT2D eigenvalue weighted by atomic mass is 19.2. The summed E-state index contributed by atoms with van der Waals surface area (Å²) in [6, 6.07) is 5.73. The van der Waals surface area contributed by atoms with Crippen LogP contribution in [0, 0.1) is 35.1 Å². The van der Waals surface area contributed by atoms with E-state index < -0.39 is 29.0 Å². The number of aliphatic hydroxyl groups is 1. The van der Waals surface area contributed by atoms with Gasteiger partial charge in [-0.05, 0) is 105 Å². The number of aromatic hydroxyl groups is 1. The van der Waals surface area contributed by atoms with E-state index in [9.17, 15) is 19.0 Å². The van der Waals surface area contributed by atoms with Gasteiger partial charge in [-0.2, -0.15) is 8.78 Å². The Balaban J connectivity index is 1.32. The summed E-state index contributed by atoms with van der Waals surface area (Å²) in [5, 5.41) is 19.5. The van der Waals surface area contributed by atoms with Crippen molar-refractivity contribution in [3.05, 3.63) is 58.7 Å². The van der Waals surface area contributed by atoms with Gasteiger partial charge in [0.2, 0.25) is 11.6 Å². The molecule has 7 heteroatoms. The Kier molecular flexibility index (Phi) is 8.81. The van der Waals surface area contributed by atoms with Crippen LogP contribution in [0.2, 0.25) is 0 Å². The maximum atomic E-state index is 15.2. The molecule has 2 fully saturated rings. The van der Waals surface area contributed by atoms with E-state index in [1.54, 1.807) is 12.1 Å². The van der Waals surface area contributed by atoms with Crippen molar-refractivity contribution in [2.45, 2.75) is 89.1 Å². The maximum absolute atomic E-state index is 15.2. The largest absolute Gasteiger partial charge is 0.505 e. The van der Waals surface area contributed by atoms with E-state index in [0.29, 0.717) is 36.8 Å². The molecule has 2 aromatic rings. The number of hydrogen-bond acceptors (Lipinski definition) is 3. The van der Waals surface area contributed by atoms with Crippen molar-refractivity contribution >= 4 is 0 Å². The van der Waals surface area contributed by atoms with Crippen LogP contribution in [-0.4, -0.2) is 22.9 Å². The third-order valence-electron chi connectivity index (χ3n) is 8.27. The first kappa shape index (κ1) is 26.8. The van der Waals surface area contributed by atoms with Gasteiger partial charge in [0.1, 0.15) is 0 Å². The van der Waals surface area contributed by atoms with Gasteiger partial charge in [-0.15, -0.1) is 0 Å². The molecule has 1 atom stereocenters. The summed E-state index contributed by atoms with van der Waals surface area (Å²) in [6.45, 7) is 2.25. The molecule has 0 amide bonds. The fourth-order valence-corrected chi connectivity index (χ4v) is 6.04. The van der Waals surface area contributed by atoms with Crippen molar-refractivity contribution in [3.63, 3.8) is 0 Å². The van der Waals surface area contributed by atoms with E-state index in [4.69, 9.17) is 4.74 Å². The summed E-state index contributed by atoms with van der Waals surface area (Å²) in [6.07, 6.45) is 7.36. The predicted octanol–water partition coefficient (Wildman–Crippen LogP) is 7.74. The average molecular weight is 509 g/mol. The number of rotatable bonds is 8. The van der Waals surface area contributed by atoms with Gasteiger partial charge in [0.05, 0.1) is 12.7 Å². The first-order valence-electron chi connectivity index (χ1n) is 13.3. The van der Waals surface area contributed by atoms with E-state index in [1.807, 2.05) is 0 Å². The molecular weight excluding hydrogens is 472 g/mol. The number of benzene rings is 2. The molecule has 2 saturated carbocycles. The zero-order valence-electron chi connectivity index (χ0n) is 20.8. The normalized spacial score (nSPS) is 25.5. The molecule has 2 aliphatic carbocycles. The number of halogens is 4. The van der Waals surface area contributed by atoms with Gasteiger partial charge in [0, 0.05) is 0 Å². The topological polar surface area (TPSA) is 49.7 Å². The van der Waals surface area contributed by atoms with Crippen LogP contribution in [0.15, 0.2) is 24.3 Å². The zero-order chi connectivity index (χ0) is 25.8. The van der Waals surface area contributed by atoms with Gasteiger partial charge in [-0.3, -0.25) is 0 Å². The molecule has 4 rings (SSSR count). The fourth-order valence-electron chi connectivity index (χ4n) is 6.04. The summed E-state index contributed by atoms with van der Waals surface area (Å²) in [5.41, 5.74) is 0.860. The minimum Gasteiger partial charge on any atom is -0.505 e. The van der Waals surface area contributed by atoms with Gasteiger partial charge in [-0.25, -0.2) is 8.78 Å². The average Bonchev–Trinajstić information content (AvgIpc) is 2.89. The first-order valence-corrected chi connectivity index (χ1v) is 13.3. The van der Waals surface area contributed by atoms with E-state index in [-0.39, 0.29) is 42.1 Å². The molecule has 3 nitrogen and oxygen atoms in total. The molecule has 2 N–H and O–H groups in total. The van der Waals surface area contributed by atoms with E-state index in [2.05, 4.69) is 6.92 Å². The zero-order valence-corrected chi connectivity index (χ0v) is 20.8. The second-order valence-corrected chi connectivity index (χ2v) is 10.6. The third-order valence-corrected chi connectivity index (χ3v) is 8.27. The summed E-state index contributed by atoms with van der Waals surface area (Å²) in [5.74, 6) is -4.80. The smallest absolute Gasteiger partial charge is 0.204 e. The molecule has 1 unspecified atom stereocenters. The molecule has 0 aromatic heterocycles. The number of phenolic OH excluding ortho intramolecular Hbond substituents is 1. The monoisotopic (exact) mass is 508 g/mol. The quantitative estimate of drug-likeness (QED) is 0.359. The van der Waals surface area contributed by atoms with Crippen LogP contribution >= 0.6 is 0 Å². The first-order chi connectivity index (χ1) is 17.3. The lowest BCUT2D eigenvalue weighted by Gasteiger charge is -2.32. The van der Waals surface area contributed by atoms with Gasteiger partial charge in [-0.1, -0.05) is 25.5 Å². The molecular formula is C29H36F4O3. The summed E-state index contributed by atoms with van der Waals surface area (Å²) in [4.78, 5) is 0. The highest BCUT2D eigenvalue weighted by molar-refractivity contribution is 5.34. The Morgan fingerprint density at radius 2 is 1.33 bits per heavy atom. The Hall–Kier alpha value is -2.28. The number of aliphatic hydroxyl groups excluding tert-OH is 1. The number of phenols is 1. The van der Waals surface area contributed by atoms with E-state index in [1.165, 1.54) is 6.07 Å². The molecule has 0 bridgehead atoms. The van der Waals surface area contributed by atoms with E-state index in [0.717, 1.165) is 44.6 Å². The molecule has 0 spiro atoms. The second kappa shape index (κ2) is 11.8. The molecule has 2 aromatic carbocycles. The minimum atomic E-state index is -1.33. The Morgan fingerprint density at radius 1 is 0.778 bits per heavy atom. The molecule has 198 valence electrons. The highest BCUT2D eigenvalue weighted by Gasteiger charge is 2.31. The van der Waals surface area contributed by atoms with Crippen LogP contribution in [0.3, 0.4) is 0 Å². The summed E-state index contributed by atoms with van der Waals surface area (Å²) < 4.78 is 63.1. The van der Waals surface area contributed by atoms with Crippen LogP contribution in [0.4, 0.5) is 17.6 Å². The molecule has 0 radical (unpaired) electrons. The standard InChI is InChI=1S/C29H36F4O3/c1-2-3-23(34)20-10-8-19(9-11-20)22-13-12-21(26(30)27(22)31)18-6-4-17(5-7-18)16-36-25-15-14-24(35)28(32)29(25)33/h12-15,17-20,23,34-35H,2-11,16H2,1H3. The van der Waals surface area contributed by atoms with Crippen molar-refractivity contribution in [1.82, 2.24) is 0 Å². The predicted molar refractivity (Wildman–Crippen MR) is 130 cm³/mol. The van der Waals surface area contributed by atoms with Crippen molar-refractivity contribution in [1.29, 1.82) is 0 Å². The van der Waals surface area contributed by atoms with E-state index >= 15 is 8.78 Å². The van der Waals surface area contributed by atoms with Crippen molar-refractivity contribution in [3.8, 4) is 11.5 Å². The van der Waals surface area contributed by atoms with Gasteiger partial charge in [0.25, 0.3) is 0 Å². The molecule has 0 saturated heterocycles. The summed E-state index contributed by atoms with van der Waals surface area (Å²) in [7, 11) is 0. The fraction of sp³-hybridized carbons (Fsp3) is 0.586. The second-order valence-electron chi connectivity index (χ2n) is 10.6. The number of ether oxygens (including phenoxy) is 1. The highest BCUT2D eigenvalue weighted by Crippen LogP contribution is 2.42. The van der Waals surface area contributed by atoms with Crippen LogP contribution in [0.5, 0.6) is 11.5 Å². The summed E-state index contributed by atoms with van der Waals surface area (Å²) >= 11 is 0. The Morgan fingerprint density at radius 3 is 1.89 bits per heavy atom. The molecule has 0 aliphatic heterocycles.